The number of aromatic nitrogens is 1. The number of ether oxygens (including phenoxy) is 1. The monoisotopic (exact) mass is 356 g/mol. The fourth-order valence-electron chi connectivity index (χ4n) is 1.35. The molecule has 0 saturated heterocycles. The van der Waals surface area contributed by atoms with Crippen molar-refractivity contribution in [2.24, 2.45) is 0 Å². The number of anilines is 2. The van der Waals surface area contributed by atoms with Crippen molar-refractivity contribution in [3.63, 3.8) is 0 Å². The van der Waals surface area contributed by atoms with Crippen molar-refractivity contribution in [3.05, 3.63) is 45.5 Å². The molecule has 0 saturated carbocycles. The minimum atomic E-state index is 0.786. The van der Waals surface area contributed by atoms with Crippen LogP contribution < -0.4 is 10.1 Å². The molecule has 17 heavy (non-hydrogen) atoms. The van der Waals surface area contributed by atoms with E-state index >= 15 is 0 Å². The van der Waals surface area contributed by atoms with Crippen LogP contribution in [0.5, 0.6) is 5.75 Å². The molecule has 1 aromatic carbocycles. The van der Waals surface area contributed by atoms with Crippen molar-refractivity contribution in [1.82, 2.24) is 4.98 Å². The molecule has 3 nitrogen and oxygen atoms in total. The van der Waals surface area contributed by atoms with Crippen molar-refractivity contribution in [2.45, 2.75) is 0 Å². The maximum absolute atomic E-state index is 5.19. The summed E-state index contributed by atoms with van der Waals surface area (Å²) in [6.07, 6.45) is 1.75. The first kappa shape index (κ1) is 12.4. The summed E-state index contributed by atoms with van der Waals surface area (Å²) in [7, 11) is 1.64. The van der Waals surface area contributed by atoms with E-state index in [4.69, 9.17) is 4.74 Å². The van der Waals surface area contributed by atoms with Crippen LogP contribution in [0.4, 0.5) is 11.5 Å². The maximum Gasteiger partial charge on any atom is 0.130 e. The van der Waals surface area contributed by atoms with Crippen LogP contribution in [0.3, 0.4) is 0 Å². The minimum Gasteiger partial charge on any atom is -0.497 e. The Bertz CT molecular complexity index is 514. The van der Waals surface area contributed by atoms with E-state index in [0.29, 0.717) is 0 Å². The largest absolute Gasteiger partial charge is 0.497 e. The molecule has 1 heterocycles. The van der Waals surface area contributed by atoms with Crippen molar-refractivity contribution in [3.8, 4) is 5.75 Å². The standard InChI is InChI=1S/C12H10Br2N2O/c1-17-11-5-9(14)4-10(6-11)16-12-3-2-8(13)7-15-12/h2-7H,1H3,(H,15,16). The molecule has 0 aliphatic carbocycles. The molecule has 0 unspecified atom stereocenters. The van der Waals surface area contributed by atoms with Crippen LogP contribution in [0, 0.1) is 0 Å². The zero-order valence-corrected chi connectivity index (χ0v) is 12.2. The van der Waals surface area contributed by atoms with Gasteiger partial charge in [0.2, 0.25) is 0 Å². The van der Waals surface area contributed by atoms with Gasteiger partial charge in [0.15, 0.2) is 0 Å². The molecule has 2 aromatic rings. The van der Waals surface area contributed by atoms with Crippen LogP contribution >= 0.6 is 31.9 Å². The van der Waals surface area contributed by atoms with Gasteiger partial charge in [0.25, 0.3) is 0 Å². The van der Waals surface area contributed by atoms with Crippen molar-refractivity contribution in [1.29, 1.82) is 0 Å². The van der Waals surface area contributed by atoms with E-state index < -0.39 is 0 Å². The van der Waals surface area contributed by atoms with E-state index in [1.807, 2.05) is 30.3 Å². The highest BCUT2D eigenvalue weighted by atomic mass is 79.9. The molecule has 1 N–H and O–H groups in total. The van der Waals surface area contributed by atoms with Gasteiger partial charge in [-0.3, -0.25) is 0 Å². The molecule has 0 atom stereocenters. The van der Waals surface area contributed by atoms with E-state index in [0.717, 1.165) is 26.2 Å². The van der Waals surface area contributed by atoms with Crippen molar-refractivity contribution >= 4 is 43.4 Å². The summed E-state index contributed by atoms with van der Waals surface area (Å²) >= 11 is 6.78. The highest BCUT2D eigenvalue weighted by molar-refractivity contribution is 9.10. The molecule has 0 bridgehead atoms. The number of nitrogens with zero attached hydrogens (tertiary/aromatic N) is 1. The minimum absolute atomic E-state index is 0.786. The number of hydrogen-bond acceptors (Lipinski definition) is 3. The highest BCUT2D eigenvalue weighted by Gasteiger charge is 2.01. The van der Waals surface area contributed by atoms with Gasteiger partial charge in [0, 0.05) is 26.9 Å². The maximum atomic E-state index is 5.19. The van der Waals surface area contributed by atoms with Crippen molar-refractivity contribution in [2.75, 3.05) is 12.4 Å². The van der Waals surface area contributed by atoms with Gasteiger partial charge in [-0.15, -0.1) is 0 Å². The second-order valence-electron chi connectivity index (χ2n) is 3.37. The van der Waals surface area contributed by atoms with Gasteiger partial charge >= 0.3 is 0 Å². The second-order valence-corrected chi connectivity index (χ2v) is 5.20. The number of halogens is 2. The van der Waals surface area contributed by atoms with Gasteiger partial charge < -0.3 is 10.1 Å². The number of methoxy groups -OCH3 is 1. The molecule has 0 aliphatic heterocycles. The predicted molar refractivity (Wildman–Crippen MR) is 75.9 cm³/mol. The summed E-state index contributed by atoms with van der Waals surface area (Å²) in [5, 5.41) is 3.20. The molecule has 0 fully saturated rings. The number of hydrogen-bond donors (Lipinski definition) is 1. The second kappa shape index (κ2) is 5.51. The van der Waals surface area contributed by atoms with Gasteiger partial charge in [0.05, 0.1) is 7.11 Å². The van der Waals surface area contributed by atoms with Crippen LogP contribution in [-0.4, -0.2) is 12.1 Å². The smallest absolute Gasteiger partial charge is 0.130 e. The quantitative estimate of drug-likeness (QED) is 0.886. The first-order valence-corrected chi connectivity index (χ1v) is 6.49. The molecule has 0 spiro atoms. The summed E-state index contributed by atoms with van der Waals surface area (Å²) in [6.45, 7) is 0. The highest BCUT2D eigenvalue weighted by Crippen LogP contribution is 2.26. The lowest BCUT2D eigenvalue weighted by Gasteiger charge is -2.08. The summed E-state index contributed by atoms with van der Waals surface area (Å²) in [4.78, 5) is 4.24. The first-order chi connectivity index (χ1) is 8.17. The van der Waals surface area contributed by atoms with Gasteiger partial charge in [0.1, 0.15) is 11.6 Å². The first-order valence-electron chi connectivity index (χ1n) is 4.90. The van der Waals surface area contributed by atoms with Crippen LogP contribution in [0.1, 0.15) is 0 Å². The summed E-state index contributed by atoms with van der Waals surface area (Å²) in [6, 6.07) is 9.61. The van der Waals surface area contributed by atoms with Crippen LogP contribution in [0.2, 0.25) is 0 Å². The Balaban J connectivity index is 2.23. The van der Waals surface area contributed by atoms with E-state index in [1.54, 1.807) is 13.3 Å². The van der Waals surface area contributed by atoms with Crippen molar-refractivity contribution < 1.29 is 4.74 Å². The average Bonchev–Trinajstić information content (AvgIpc) is 2.31. The molecule has 0 amide bonds. The zero-order valence-electron chi connectivity index (χ0n) is 9.08. The summed E-state index contributed by atoms with van der Waals surface area (Å²) in [5.74, 6) is 1.58. The number of benzene rings is 1. The van der Waals surface area contributed by atoms with E-state index in [2.05, 4.69) is 42.2 Å². The van der Waals surface area contributed by atoms with Crippen LogP contribution in [0.15, 0.2) is 45.5 Å². The van der Waals surface area contributed by atoms with Gasteiger partial charge in [-0.1, -0.05) is 15.9 Å². The van der Waals surface area contributed by atoms with Gasteiger partial charge in [-0.05, 0) is 40.2 Å². The molecule has 0 aliphatic rings. The Kier molecular flexibility index (Phi) is 4.02. The molecule has 5 heteroatoms. The summed E-state index contributed by atoms with van der Waals surface area (Å²) < 4.78 is 7.10. The van der Waals surface area contributed by atoms with Crippen LogP contribution in [-0.2, 0) is 0 Å². The zero-order chi connectivity index (χ0) is 12.3. The third kappa shape index (κ3) is 3.44. The third-order valence-electron chi connectivity index (χ3n) is 2.11. The fourth-order valence-corrected chi connectivity index (χ4v) is 2.06. The lowest BCUT2D eigenvalue weighted by Crippen LogP contribution is -1.94. The topological polar surface area (TPSA) is 34.1 Å². The normalized spacial score (nSPS) is 10.1. The summed E-state index contributed by atoms with van der Waals surface area (Å²) in [5.41, 5.74) is 0.922. The predicted octanol–water partition coefficient (Wildman–Crippen LogP) is 4.36. The molecular formula is C12H10Br2N2O. The lowest BCUT2D eigenvalue weighted by atomic mass is 10.3. The van der Waals surface area contributed by atoms with E-state index in [1.165, 1.54) is 0 Å². The Hall–Kier alpha value is -1.07. The van der Waals surface area contributed by atoms with Gasteiger partial charge in [-0.2, -0.15) is 0 Å². The Morgan fingerprint density at radius 1 is 1.12 bits per heavy atom. The molecule has 1 aromatic heterocycles. The van der Waals surface area contributed by atoms with E-state index in [-0.39, 0.29) is 0 Å². The average molecular weight is 358 g/mol. The number of nitrogens with one attached hydrogen (secondary N) is 1. The van der Waals surface area contributed by atoms with Crippen LogP contribution in [0.25, 0.3) is 0 Å². The molecule has 0 radical (unpaired) electrons. The molecular weight excluding hydrogens is 348 g/mol. The third-order valence-corrected chi connectivity index (χ3v) is 3.03. The SMILES string of the molecule is COc1cc(Br)cc(Nc2ccc(Br)cn2)c1. The van der Waals surface area contributed by atoms with E-state index in [9.17, 15) is 0 Å². The molecule has 2 rings (SSSR count). The number of pyridine rings is 1. The lowest BCUT2D eigenvalue weighted by molar-refractivity contribution is 0.415. The number of rotatable bonds is 3. The Morgan fingerprint density at radius 3 is 2.59 bits per heavy atom. The van der Waals surface area contributed by atoms with Gasteiger partial charge in [-0.25, -0.2) is 4.98 Å². The fraction of sp³-hybridized carbons (Fsp3) is 0.0833. The molecule has 88 valence electrons. The Morgan fingerprint density at radius 2 is 1.94 bits per heavy atom. The Labute approximate surface area is 116 Å².